The Bertz CT molecular complexity index is 977. The second-order valence-electron chi connectivity index (χ2n) is 7.89. The standard InChI is InChI=1S/C22H21NO7/c1-29-21-15(23-19(26)12-9-5-6-10-13(12)20(23)27)17(25)22(28)14(16(24)18(22)30-21)11-7-3-2-4-8-11/h2-10,14-18,21,24-25,28H,1H3/t14?,15-,16?,17-,18-,21?,22+/m1/s1. The van der Waals surface area contributed by atoms with Crippen LogP contribution in [0, 0.1) is 0 Å². The topological polar surface area (TPSA) is 117 Å². The molecular formula is C22H21NO7. The maximum atomic E-state index is 13.0. The lowest BCUT2D eigenvalue weighted by Crippen LogP contribution is -2.82. The van der Waals surface area contributed by atoms with Gasteiger partial charge in [-0.25, -0.2) is 0 Å². The molecule has 2 amide bonds. The molecule has 7 atom stereocenters. The number of benzene rings is 2. The van der Waals surface area contributed by atoms with E-state index in [1.807, 2.05) is 0 Å². The van der Waals surface area contributed by atoms with E-state index in [9.17, 15) is 24.9 Å². The number of aliphatic hydroxyl groups is 3. The van der Waals surface area contributed by atoms with Crippen molar-refractivity contribution in [3.63, 3.8) is 0 Å². The summed E-state index contributed by atoms with van der Waals surface area (Å²) in [5, 5.41) is 33.4. The predicted molar refractivity (Wildman–Crippen MR) is 103 cm³/mol. The Labute approximate surface area is 172 Å². The Morgan fingerprint density at radius 2 is 1.53 bits per heavy atom. The van der Waals surface area contributed by atoms with Gasteiger partial charge in [0.15, 0.2) is 6.29 Å². The fourth-order valence-corrected chi connectivity index (χ4v) is 5.03. The molecule has 156 valence electrons. The fourth-order valence-electron chi connectivity index (χ4n) is 5.03. The number of carbonyl (C=O) groups excluding carboxylic acids is 2. The minimum Gasteiger partial charge on any atom is -0.390 e. The highest BCUT2D eigenvalue weighted by molar-refractivity contribution is 6.21. The third-order valence-electron chi connectivity index (χ3n) is 6.48. The summed E-state index contributed by atoms with van der Waals surface area (Å²) >= 11 is 0. The Morgan fingerprint density at radius 1 is 0.967 bits per heavy atom. The number of rotatable bonds is 3. The van der Waals surface area contributed by atoms with Crippen LogP contribution in [0.1, 0.15) is 32.2 Å². The van der Waals surface area contributed by atoms with E-state index in [1.165, 1.54) is 19.2 Å². The number of imide groups is 1. The first-order chi connectivity index (χ1) is 14.4. The molecular weight excluding hydrogens is 390 g/mol. The number of hydrogen-bond donors (Lipinski definition) is 3. The molecule has 2 heterocycles. The first-order valence-electron chi connectivity index (χ1n) is 9.70. The Morgan fingerprint density at radius 3 is 2.10 bits per heavy atom. The van der Waals surface area contributed by atoms with Crippen molar-refractivity contribution < 1.29 is 34.4 Å². The predicted octanol–water partition coefficient (Wildman–Crippen LogP) is 0.273. The maximum absolute atomic E-state index is 13.0. The molecule has 1 saturated heterocycles. The van der Waals surface area contributed by atoms with E-state index >= 15 is 0 Å². The zero-order valence-electron chi connectivity index (χ0n) is 16.1. The van der Waals surface area contributed by atoms with E-state index in [-0.39, 0.29) is 11.1 Å². The Hall–Kier alpha value is -2.62. The summed E-state index contributed by atoms with van der Waals surface area (Å²) in [5.74, 6) is -2.04. The fraction of sp³-hybridized carbons (Fsp3) is 0.364. The third-order valence-corrected chi connectivity index (χ3v) is 6.48. The number of amides is 2. The summed E-state index contributed by atoms with van der Waals surface area (Å²) in [6, 6.07) is 13.8. The van der Waals surface area contributed by atoms with Crippen molar-refractivity contribution in [3.8, 4) is 0 Å². The maximum Gasteiger partial charge on any atom is 0.262 e. The second-order valence-corrected chi connectivity index (χ2v) is 7.89. The minimum absolute atomic E-state index is 0.215. The smallest absolute Gasteiger partial charge is 0.262 e. The van der Waals surface area contributed by atoms with Gasteiger partial charge in [-0.3, -0.25) is 14.5 Å². The summed E-state index contributed by atoms with van der Waals surface area (Å²) in [4.78, 5) is 26.9. The van der Waals surface area contributed by atoms with Crippen molar-refractivity contribution >= 4 is 11.8 Å². The molecule has 3 unspecified atom stereocenters. The number of methoxy groups -OCH3 is 1. The quantitative estimate of drug-likeness (QED) is 0.621. The molecule has 5 rings (SSSR count). The van der Waals surface area contributed by atoms with Crippen LogP contribution in [0.15, 0.2) is 54.6 Å². The van der Waals surface area contributed by atoms with Crippen molar-refractivity contribution in [2.24, 2.45) is 0 Å². The molecule has 0 aromatic heterocycles. The molecule has 8 nitrogen and oxygen atoms in total. The summed E-state index contributed by atoms with van der Waals surface area (Å²) in [7, 11) is 1.31. The molecule has 0 radical (unpaired) electrons. The SMILES string of the molecule is COC1O[C@@H]2C(O)C(c3ccccc3)[C@]2(O)[C@H](O)[C@H]1N1C(=O)c2ccccc2C1=O. The zero-order valence-corrected chi connectivity index (χ0v) is 16.1. The number of hydrogen-bond acceptors (Lipinski definition) is 7. The van der Waals surface area contributed by atoms with Crippen LogP contribution in [0.3, 0.4) is 0 Å². The lowest BCUT2D eigenvalue weighted by Gasteiger charge is -2.63. The zero-order chi connectivity index (χ0) is 21.2. The molecule has 30 heavy (non-hydrogen) atoms. The molecule has 0 bridgehead atoms. The number of aliphatic hydroxyl groups excluding tert-OH is 2. The van der Waals surface area contributed by atoms with Gasteiger partial charge in [-0.15, -0.1) is 0 Å². The lowest BCUT2D eigenvalue weighted by molar-refractivity contribution is -0.370. The van der Waals surface area contributed by atoms with E-state index < -0.39 is 54.0 Å². The van der Waals surface area contributed by atoms with Crippen LogP contribution in [0.2, 0.25) is 0 Å². The van der Waals surface area contributed by atoms with E-state index in [2.05, 4.69) is 0 Å². The van der Waals surface area contributed by atoms with Crippen molar-refractivity contribution in [2.75, 3.05) is 7.11 Å². The van der Waals surface area contributed by atoms with Crippen molar-refractivity contribution in [1.82, 2.24) is 4.90 Å². The van der Waals surface area contributed by atoms with E-state index in [4.69, 9.17) is 9.47 Å². The monoisotopic (exact) mass is 411 g/mol. The molecule has 3 aliphatic rings. The van der Waals surface area contributed by atoms with Crippen LogP contribution in [0.25, 0.3) is 0 Å². The van der Waals surface area contributed by atoms with Gasteiger partial charge < -0.3 is 24.8 Å². The van der Waals surface area contributed by atoms with Gasteiger partial charge in [-0.1, -0.05) is 42.5 Å². The van der Waals surface area contributed by atoms with Crippen LogP contribution in [0.5, 0.6) is 0 Å². The number of nitrogens with zero attached hydrogens (tertiary/aromatic N) is 1. The molecule has 3 N–H and O–H groups in total. The first-order valence-corrected chi connectivity index (χ1v) is 9.70. The van der Waals surface area contributed by atoms with Gasteiger partial charge in [0, 0.05) is 13.0 Å². The van der Waals surface area contributed by atoms with Gasteiger partial charge in [0.1, 0.15) is 23.9 Å². The van der Waals surface area contributed by atoms with Gasteiger partial charge in [0.05, 0.1) is 17.2 Å². The molecule has 0 spiro atoms. The average Bonchev–Trinajstić information content (AvgIpc) is 3.01. The van der Waals surface area contributed by atoms with E-state index in [0.29, 0.717) is 5.56 Å². The average molecular weight is 411 g/mol. The number of carbonyl (C=O) groups is 2. The first kappa shape index (κ1) is 19.3. The van der Waals surface area contributed by atoms with Gasteiger partial charge >= 0.3 is 0 Å². The van der Waals surface area contributed by atoms with Crippen LogP contribution >= 0.6 is 0 Å². The number of fused-ring (bicyclic) bond motifs is 2. The van der Waals surface area contributed by atoms with Crippen LogP contribution in [-0.2, 0) is 9.47 Å². The minimum atomic E-state index is -1.91. The van der Waals surface area contributed by atoms with Crippen LogP contribution < -0.4 is 0 Å². The second kappa shape index (κ2) is 6.69. The normalized spacial score (nSPS) is 37.5. The molecule has 8 heteroatoms. The van der Waals surface area contributed by atoms with Crippen molar-refractivity contribution in [3.05, 3.63) is 71.3 Å². The van der Waals surface area contributed by atoms with Gasteiger partial charge in [-0.05, 0) is 17.7 Å². The lowest BCUT2D eigenvalue weighted by atomic mass is 9.56. The molecule has 1 saturated carbocycles. The number of ether oxygens (including phenoxy) is 2. The van der Waals surface area contributed by atoms with Gasteiger partial charge in [-0.2, -0.15) is 0 Å². The van der Waals surface area contributed by atoms with E-state index in [1.54, 1.807) is 42.5 Å². The van der Waals surface area contributed by atoms with Crippen molar-refractivity contribution in [1.29, 1.82) is 0 Å². The van der Waals surface area contributed by atoms with Gasteiger partial charge in [0.2, 0.25) is 0 Å². The third kappa shape index (κ3) is 2.33. The molecule has 2 fully saturated rings. The highest BCUT2D eigenvalue weighted by Crippen LogP contribution is 2.54. The van der Waals surface area contributed by atoms with Gasteiger partial charge in [0.25, 0.3) is 11.8 Å². The Balaban J connectivity index is 1.55. The Kier molecular flexibility index (Phi) is 4.32. The molecule has 2 aliphatic heterocycles. The van der Waals surface area contributed by atoms with Crippen molar-refractivity contribution in [2.45, 2.75) is 42.2 Å². The van der Waals surface area contributed by atoms with Crippen LogP contribution in [-0.4, -0.2) is 75.4 Å². The summed E-state index contributed by atoms with van der Waals surface area (Å²) in [6.07, 6.45) is -5.03. The summed E-state index contributed by atoms with van der Waals surface area (Å²) in [6.45, 7) is 0. The molecule has 1 aliphatic carbocycles. The summed E-state index contributed by atoms with van der Waals surface area (Å²) < 4.78 is 11.1. The largest absolute Gasteiger partial charge is 0.390 e. The van der Waals surface area contributed by atoms with E-state index in [0.717, 1.165) is 4.90 Å². The molecule has 2 aromatic rings. The summed E-state index contributed by atoms with van der Waals surface area (Å²) in [5.41, 5.74) is -0.863. The van der Waals surface area contributed by atoms with Crippen LogP contribution in [0.4, 0.5) is 0 Å². The molecule has 2 aromatic carbocycles. The highest BCUT2D eigenvalue weighted by Gasteiger charge is 2.72. The highest BCUT2D eigenvalue weighted by atomic mass is 16.7.